The number of carbonyl (C=O) groups is 2. The van der Waals surface area contributed by atoms with Crippen LogP contribution in [0.3, 0.4) is 0 Å². The number of hydrazone groups is 1. The molecule has 1 atom stereocenters. The molecule has 0 radical (unpaired) electrons. The van der Waals surface area contributed by atoms with Gasteiger partial charge in [0.05, 0.1) is 30.7 Å². The van der Waals surface area contributed by atoms with Crippen LogP contribution in [0.15, 0.2) is 47.7 Å². The molecule has 3 amide bonds. The second-order valence-corrected chi connectivity index (χ2v) is 9.98. The molecule has 2 aliphatic heterocycles. The van der Waals surface area contributed by atoms with Crippen LogP contribution in [-0.2, 0) is 16.6 Å². The molecule has 1 saturated heterocycles. The van der Waals surface area contributed by atoms with E-state index in [4.69, 9.17) is 21.4 Å². The van der Waals surface area contributed by atoms with Crippen molar-refractivity contribution in [2.75, 3.05) is 45.9 Å². The highest BCUT2D eigenvalue weighted by Gasteiger charge is 2.35. The van der Waals surface area contributed by atoms with Gasteiger partial charge in [0.15, 0.2) is 0 Å². The van der Waals surface area contributed by atoms with E-state index >= 15 is 0 Å². The van der Waals surface area contributed by atoms with Crippen molar-refractivity contribution in [2.45, 2.75) is 32.4 Å². The zero-order chi connectivity index (χ0) is 25.7. The van der Waals surface area contributed by atoms with Crippen LogP contribution in [0, 0.1) is 0 Å². The third-order valence-corrected chi connectivity index (χ3v) is 6.73. The highest BCUT2D eigenvalue weighted by Crippen LogP contribution is 2.33. The standard InChI is InChI=1S/C26H35ClN6O3/c1-19(2)28-26(35)32(12-11-31-13-15-36-16-14-31)18-25(34)33-24(20-6-8-21(27)9-7-20)17-22(29-33)23-5-4-10-30(23)3/h4-10,19,24H,11-18H2,1-3H3,(H,28,35)/t24-/m1/s1. The van der Waals surface area contributed by atoms with E-state index in [-0.39, 0.29) is 30.6 Å². The quantitative estimate of drug-likeness (QED) is 0.587. The summed E-state index contributed by atoms with van der Waals surface area (Å²) in [5, 5.41) is 9.86. The third kappa shape index (κ3) is 6.46. The summed E-state index contributed by atoms with van der Waals surface area (Å²) in [5.41, 5.74) is 2.75. The van der Waals surface area contributed by atoms with Crippen LogP contribution in [-0.4, -0.2) is 89.0 Å². The molecule has 0 aliphatic carbocycles. The lowest BCUT2D eigenvalue weighted by atomic mass is 10.0. The molecule has 0 bridgehead atoms. The molecule has 1 N–H and O–H groups in total. The Labute approximate surface area is 217 Å². The van der Waals surface area contributed by atoms with Crippen LogP contribution < -0.4 is 5.32 Å². The molecule has 2 aliphatic rings. The molecular weight excluding hydrogens is 480 g/mol. The van der Waals surface area contributed by atoms with Gasteiger partial charge in [-0.05, 0) is 43.7 Å². The highest BCUT2D eigenvalue weighted by molar-refractivity contribution is 6.30. The van der Waals surface area contributed by atoms with Crippen molar-refractivity contribution in [3.8, 4) is 0 Å². The van der Waals surface area contributed by atoms with E-state index in [1.165, 1.54) is 5.01 Å². The van der Waals surface area contributed by atoms with Gasteiger partial charge in [0.25, 0.3) is 5.91 Å². The summed E-state index contributed by atoms with van der Waals surface area (Å²) in [5.74, 6) is -0.222. The number of amides is 3. The van der Waals surface area contributed by atoms with E-state index < -0.39 is 0 Å². The maximum absolute atomic E-state index is 13.7. The van der Waals surface area contributed by atoms with E-state index in [0.29, 0.717) is 37.7 Å². The van der Waals surface area contributed by atoms with E-state index in [0.717, 1.165) is 30.1 Å². The van der Waals surface area contributed by atoms with Gasteiger partial charge in [0.2, 0.25) is 0 Å². The Balaban J connectivity index is 1.54. The van der Waals surface area contributed by atoms with E-state index in [1.807, 2.05) is 68.1 Å². The minimum atomic E-state index is -0.270. The molecule has 0 saturated carbocycles. The number of carbonyl (C=O) groups excluding carboxylic acids is 2. The second-order valence-electron chi connectivity index (χ2n) is 9.54. The van der Waals surface area contributed by atoms with Gasteiger partial charge in [-0.2, -0.15) is 5.10 Å². The molecule has 3 heterocycles. The molecule has 0 spiro atoms. The van der Waals surface area contributed by atoms with Crippen molar-refractivity contribution in [3.63, 3.8) is 0 Å². The number of aromatic nitrogens is 1. The fourth-order valence-corrected chi connectivity index (χ4v) is 4.64. The van der Waals surface area contributed by atoms with Gasteiger partial charge in [0.1, 0.15) is 6.54 Å². The third-order valence-electron chi connectivity index (χ3n) is 6.48. The zero-order valence-corrected chi connectivity index (χ0v) is 21.9. The van der Waals surface area contributed by atoms with Crippen LogP contribution in [0.25, 0.3) is 0 Å². The van der Waals surface area contributed by atoms with Crippen molar-refractivity contribution in [1.29, 1.82) is 0 Å². The topological polar surface area (TPSA) is 82.4 Å². The highest BCUT2D eigenvalue weighted by atomic mass is 35.5. The summed E-state index contributed by atoms with van der Waals surface area (Å²) in [6.45, 7) is 7.90. The van der Waals surface area contributed by atoms with Crippen molar-refractivity contribution in [2.24, 2.45) is 12.1 Å². The van der Waals surface area contributed by atoms with Crippen LogP contribution in [0.2, 0.25) is 5.02 Å². The van der Waals surface area contributed by atoms with Crippen LogP contribution >= 0.6 is 11.6 Å². The molecule has 4 rings (SSSR count). The number of hydrogen-bond acceptors (Lipinski definition) is 5. The fourth-order valence-electron chi connectivity index (χ4n) is 4.51. The summed E-state index contributed by atoms with van der Waals surface area (Å²) >= 11 is 6.12. The van der Waals surface area contributed by atoms with Crippen LogP contribution in [0.1, 0.15) is 37.6 Å². The van der Waals surface area contributed by atoms with Crippen LogP contribution in [0.5, 0.6) is 0 Å². The van der Waals surface area contributed by atoms with Gasteiger partial charge in [-0.15, -0.1) is 0 Å². The molecule has 0 unspecified atom stereocenters. The SMILES string of the molecule is CC(C)NC(=O)N(CCN1CCOCC1)CC(=O)N1N=C(c2cccn2C)C[C@@H]1c1ccc(Cl)cc1. The Morgan fingerprint density at radius 3 is 2.56 bits per heavy atom. The number of nitrogens with one attached hydrogen (secondary N) is 1. The molecule has 36 heavy (non-hydrogen) atoms. The first-order valence-electron chi connectivity index (χ1n) is 12.4. The van der Waals surface area contributed by atoms with Gasteiger partial charge in [-0.25, -0.2) is 9.80 Å². The molecular formula is C26H35ClN6O3. The van der Waals surface area contributed by atoms with Gasteiger partial charge in [0, 0.05) is 56.9 Å². The predicted octanol–water partition coefficient (Wildman–Crippen LogP) is 3.11. The van der Waals surface area contributed by atoms with Gasteiger partial charge in [-0.3, -0.25) is 9.69 Å². The largest absolute Gasteiger partial charge is 0.379 e. The maximum Gasteiger partial charge on any atom is 0.318 e. The first-order chi connectivity index (χ1) is 17.3. The molecule has 9 nitrogen and oxygen atoms in total. The van der Waals surface area contributed by atoms with Crippen molar-refractivity contribution >= 4 is 29.3 Å². The Morgan fingerprint density at radius 1 is 1.19 bits per heavy atom. The lowest BCUT2D eigenvalue weighted by Crippen LogP contribution is -2.50. The minimum absolute atomic E-state index is 0.0333. The summed E-state index contributed by atoms with van der Waals surface area (Å²) in [6, 6.07) is 10.9. The number of hydrogen-bond donors (Lipinski definition) is 1. The number of urea groups is 1. The van der Waals surface area contributed by atoms with Crippen molar-refractivity contribution in [1.82, 2.24) is 24.7 Å². The summed E-state index contributed by atoms with van der Waals surface area (Å²) in [7, 11) is 1.96. The average Bonchev–Trinajstić information content (AvgIpc) is 3.48. The smallest absolute Gasteiger partial charge is 0.318 e. The monoisotopic (exact) mass is 514 g/mol. The van der Waals surface area contributed by atoms with Gasteiger partial charge < -0.3 is 19.5 Å². The average molecular weight is 515 g/mol. The predicted molar refractivity (Wildman–Crippen MR) is 140 cm³/mol. The van der Waals surface area contributed by atoms with Crippen molar-refractivity contribution in [3.05, 3.63) is 58.9 Å². The summed E-state index contributed by atoms with van der Waals surface area (Å²) in [4.78, 5) is 30.5. The first-order valence-corrected chi connectivity index (χ1v) is 12.8. The van der Waals surface area contributed by atoms with E-state index in [1.54, 1.807) is 4.90 Å². The number of halogens is 1. The minimum Gasteiger partial charge on any atom is -0.379 e. The summed E-state index contributed by atoms with van der Waals surface area (Å²) < 4.78 is 7.43. The molecule has 194 valence electrons. The molecule has 10 heteroatoms. The van der Waals surface area contributed by atoms with Crippen LogP contribution in [0.4, 0.5) is 4.79 Å². The normalized spacial score (nSPS) is 18.4. The van der Waals surface area contributed by atoms with E-state index in [2.05, 4.69) is 10.2 Å². The van der Waals surface area contributed by atoms with Gasteiger partial charge in [-0.1, -0.05) is 23.7 Å². The summed E-state index contributed by atoms with van der Waals surface area (Å²) in [6.07, 6.45) is 2.54. The molecule has 1 aromatic carbocycles. The number of aryl methyl sites for hydroxylation is 1. The Kier molecular flexibility index (Phi) is 8.66. The number of benzene rings is 1. The lowest BCUT2D eigenvalue weighted by molar-refractivity contribution is -0.133. The maximum atomic E-state index is 13.7. The Bertz CT molecular complexity index is 1080. The number of rotatable bonds is 8. The molecule has 1 fully saturated rings. The van der Waals surface area contributed by atoms with Gasteiger partial charge >= 0.3 is 6.03 Å². The number of nitrogens with zero attached hydrogens (tertiary/aromatic N) is 5. The zero-order valence-electron chi connectivity index (χ0n) is 21.2. The van der Waals surface area contributed by atoms with Crippen molar-refractivity contribution < 1.29 is 14.3 Å². The fraction of sp³-hybridized carbons (Fsp3) is 0.500. The van der Waals surface area contributed by atoms with E-state index in [9.17, 15) is 9.59 Å². The number of ether oxygens (including phenoxy) is 1. The lowest BCUT2D eigenvalue weighted by Gasteiger charge is -2.31. The second kappa shape index (κ2) is 11.9. The molecule has 1 aromatic heterocycles. The Hall–Kier alpha value is -2.88. The Morgan fingerprint density at radius 2 is 1.92 bits per heavy atom. The molecule has 2 aromatic rings. The number of morpholine rings is 1. The first kappa shape index (κ1) is 26.2.